The first-order chi connectivity index (χ1) is 36.5. The number of nitrogens with zero attached hydrogens (tertiary/aromatic N) is 3. The first-order valence-electron chi connectivity index (χ1n) is 26.6. The number of carbonyl (C=O) groups excluding carboxylic acids is 5. The highest BCUT2D eigenvalue weighted by atomic mass is 35.5. The van der Waals surface area contributed by atoms with Crippen molar-refractivity contribution < 1.29 is 38.2 Å². The maximum Gasteiger partial charge on any atom is 0.323 e. The van der Waals surface area contributed by atoms with E-state index in [1.54, 1.807) is 47.2 Å². The molecule has 1 saturated heterocycles. The Morgan fingerprint density at radius 2 is 1.65 bits per heavy atom. The number of unbranched alkanes of at least 4 members (excludes halogenated alkanes) is 3. The minimum absolute atomic E-state index is 0.0539. The van der Waals surface area contributed by atoms with Crippen LogP contribution in [-0.4, -0.2) is 109 Å². The molecule has 0 radical (unpaired) electrons. The normalized spacial score (nSPS) is 19.6. The Morgan fingerprint density at radius 3 is 2.27 bits per heavy atom. The van der Waals surface area contributed by atoms with Gasteiger partial charge in [-0.05, 0) is 105 Å². The number of hydrogen-bond donors (Lipinski definition) is 6. The number of amides is 4. The van der Waals surface area contributed by atoms with Gasteiger partial charge in [0.1, 0.15) is 48.8 Å². The summed E-state index contributed by atoms with van der Waals surface area (Å²) in [5, 5.41) is 22.2. The number of aryl methyl sites for hydroxylation is 1. The average molecular weight is 1100 g/mol. The van der Waals surface area contributed by atoms with E-state index in [1.165, 1.54) is 4.90 Å². The third-order valence-corrected chi connectivity index (χ3v) is 16.0. The summed E-state index contributed by atoms with van der Waals surface area (Å²) in [4.78, 5) is 75.5. The first kappa shape index (κ1) is 60.1. The van der Waals surface area contributed by atoms with Gasteiger partial charge in [-0.25, -0.2) is 4.98 Å². The molecule has 1 saturated carbocycles. The van der Waals surface area contributed by atoms with Crippen molar-refractivity contribution >= 4 is 58.2 Å². The number of anilines is 1. The quantitative estimate of drug-likeness (QED) is 0.0271. The van der Waals surface area contributed by atoms with Gasteiger partial charge >= 0.3 is 5.97 Å². The van der Waals surface area contributed by atoms with Crippen LogP contribution in [0.25, 0.3) is 10.4 Å². The average Bonchev–Trinajstić information content (AvgIpc) is 4.03. The van der Waals surface area contributed by atoms with Crippen molar-refractivity contribution in [2.75, 3.05) is 38.2 Å². The van der Waals surface area contributed by atoms with Gasteiger partial charge in [-0.15, -0.1) is 11.3 Å². The second-order valence-electron chi connectivity index (χ2n) is 22.6. The number of halogens is 1. The van der Waals surface area contributed by atoms with Gasteiger partial charge in [-0.1, -0.05) is 90.8 Å². The molecule has 2 heterocycles. The summed E-state index contributed by atoms with van der Waals surface area (Å²) < 4.78 is 18.0. The predicted molar refractivity (Wildman–Crippen MR) is 300 cm³/mol. The van der Waals surface area contributed by atoms with E-state index in [2.05, 4.69) is 60.0 Å². The third-order valence-electron chi connectivity index (χ3n) is 14.7. The maximum atomic E-state index is 14.6. The van der Waals surface area contributed by atoms with Crippen molar-refractivity contribution in [3.63, 3.8) is 0 Å². The Labute approximate surface area is 462 Å². The van der Waals surface area contributed by atoms with Crippen LogP contribution in [-0.2, 0) is 28.7 Å². The van der Waals surface area contributed by atoms with E-state index >= 15 is 0 Å². The fourth-order valence-electron chi connectivity index (χ4n) is 10.6. The molecule has 19 heteroatoms. The summed E-state index contributed by atoms with van der Waals surface area (Å²) in [7, 11) is 0. The van der Waals surface area contributed by atoms with Crippen LogP contribution in [0.4, 0.5) is 5.69 Å². The number of nitrogens with two attached hydrogens (primary N) is 2. The molecule has 416 valence electrons. The molecule has 5 atom stereocenters. The van der Waals surface area contributed by atoms with Crippen LogP contribution in [0, 0.1) is 34.5 Å². The first-order valence-corrected chi connectivity index (χ1v) is 27.9. The lowest BCUT2D eigenvalue weighted by Gasteiger charge is -2.63. The molecule has 0 spiro atoms. The van der Waals surface area contributed by atoms with E-state index in [1.807, 2.05) is 71.0 Å². The fraction of sp³-hybridized carbons (Fsp3) is 0.534. The molecule has 17 nitrogen and oxygen atoms in total. The van der Waals surface area contributed by atoms with E-state index in [-0.39, 0.29) is 37.6 Å². The monoisotopic (exact) mass is 1100 g/mol. The molecule has 0 bridgehead atoms. The summed E-state index contributed by atoms with van der Waals surface area (Å²) in [5.41, 5.74) is 16.7. The Bertz CT molecular complexity index is 2700. The van der Waals surface area contributed by atoms with Crippen molar-refractivity contribution in [3.8, 4) is 22.3 Å². The number of benzene rings is 3. The summed E-state index contributed by atoms with van der Waals surface area (Å²) in [6.45, 7) is 18.8. The van der Waals surface area contributed by atoms with Crippen LogP contribution in [0.3, 0.4) is 0 Å². The van der Waals surface area contributed by atoms with Crippen LogP contribution in [0.1, 0.15) is 134 Å². The molecule has 1 aliphatic heterocycles. The van der Waals surface area contributed by atoms with E-state index in [9.17, 15) is 29.2 Å². The standard InChI is InChI=1S/C58H78ClN9O8S/c1-35(37-16-18-38(19-17-37)48-36(2)64-34-77-48)65-51(71)46-30-43(75-53(73)45(62)15-11-12-26-60)32-68(46)52(72)49(56(3,4)5)66-47(69)33-74-28-14-10-13-27-63-41-23-20-39(21-24-41)50(70)67-54-57(6,7)55(58(54,8)9)76-42-25-22-40(31-61)44(59)29-42/h16-25,29,34-35,43,45-46,49,54-55,63H,10-15,26-28,30,32-33,60,62H2,1-9H3,(H,65,71)(H,66,69)(H,67,70)/t35-,43+,45-,46-,49+,54-,55-/m0/s1. The molecule has 2 aliphatic rings. The number of likely N-dealkylation sites (tertiary alicyclic amines) is 1. The lowest BCUT2D eigenvalue weighted by atomic mass is 9.49. The summed E-state index contributed by atoms with van der Waals surface area (Å²) in [6.07, 6.45) is 3.17. The van der Waals surface area contributed by atoms with Gasteiger partial charge in [-0.3, -0.25) is 24.0 Å². The predicted octanol–water partition coefficient (Wildman–Crippen LogP) is 8.23. The van der Waals surface area contributed by atoms with E-state index in [0.717, 1.165) is 40.2 Å². The van der Waals surface area contributed by atoms with Gasteiger partial charge in [0, 0.05) is 53.8 Å². The second kappa shape index (κ2) is 26.5. The Morgan fingerprint density at radius 1 is 0.948 bits per heavy atom. The lowest BCUT2D eigenvalue weighted by Crippen LogP contribution is -2.74. The molecule has 77 heavy (non-hydrogen) atoms. The van der Waals surface area contributed by atoms with Gasteiger partial charge in [0.05, 0.1) is 39.3 Å². The summed E-state index contributed by atoms with van der Waals surface area (Å²) >= 11 is 7.81. The number of ether oxygens (including phenoxy) is 3. The topological polar surface area (TPSA) is 253 Å². The second-order valence-corrected chi connectivity index (χ2v) is 23.9. The highest BCUT2D eigenvalue weighted by Crippen LogP contribution is 2.55. The summed E-state index contributed by atoms with van der Waals surface area (Å²) in [6, 6.07) is 18.8. The lowest BCUT2D eigenvalue weighted by molar-refractivity contribution is -0.164. The van der Waals surface area contributed by atoms with Crippen LogP contribution in [0.15, 0.2) is 72.2 Å². The van der Waals surface area contributed by atoms with E-state index < -0.39 is 70.2 Å². The SMILES string of the molecule is Cc1ncsc1-c1ccc([C@H](C)NC(=O)[C@@H]2C[C@@H](OC(=O)[C@@H](N)CCCCN)CN2C(=O)[C@@H](NC(=O)COCCCCCNc2ccc(C(=O)N[C@H]3C(C)(C)[C@H](Oc4ccc(C#N)c(Cl)c4)C3(C)C)cc2)C(C)(C)C)cc1. The number of rotatable bonds is 25. The highest BCUT2D eigenvalue weighted by Gasteiger charge is 2.64. The van der Waals surface area contributed by atoms with Crippen molar-refractivity contribution in [2.24, 2.45) is 27.7 Å². The number of esters is 1. The Balaban J connectivity index is 0.949. The molecule has 1 aromatic heterocycles. The zero-order chi connectivity index (χ0) is 56.2. The van der Waals surface area contributed by atoms with Crippen molar-refractivity contribution in [3.05, 3.63) is 99.6 Å². The highest BCUT2D eigenvalue weighted by molar-refractivity contribution is 7.13. The largest absolute Gasteiger partial charge is 0.489 e. The fourth-order valence-corrected chi connectivity index (χ4v) is 11.6. The number of thiazole rings is 1. The number of aromatic nitrogens is 1. The van der Waals surface area contributed by atoms with Gasteiger partial charge in [0.15, 0.2) is 0 Å². The molecule has 4 aromatic rings. The molecule has 2 fully saturated rings. The van der Waals surface area contributed by atoms with Crippen LogP contribution in [0.5, 0.6) is 5.75 Å². The van der Waals surface area contributed by atoms with Crippen LogP contribution in [0.2, 0.25) is 5.02 Å². The summed E-state index contributed by atoms with van der Waals surface area (Å²) in [5.74, 6) is -1.58. The molecular formula is C58H78ClN9O8S. The molecular weight excluding hydrogens is 1020 g/mol. The maximum absolute atomic E-state index is 14.6. The van der Waals surface area contributed by atoms with Gasteiger partial charge < -0.3 is 51.8 Å². The van der Waals surface area contributed by atoms with Crippen LogP contribution >= 0.6 is 22.9 Å². The van der Waals surface area contributed by atoms with Gasteiger partial charge in [0.25, 0.3) is 5.91 Å². The third kappa shape index (κ3) is 15.3. The Kier molecular flexibility index (Phi) is 20.7. The van der Waals surface area contributed by atoms with Gasteiger partial charge in [0.2, 0.25) is 17.7 Å². The Hall–Kier alpha value is -6.10. The van der Waals surface area contributed by atoms with E-state index in [0.29, 0.717) is 67.3 Å². The number of carbonyl (C=O) groups is 5. The van der Waals surface area contributed by atoms with Crippen molar-refractivity contribution in [1.29, 1.82) is 5.26 Å². The molecule has 1 aliphatic carbocycles. The minimum atomic E-state index is -1.03. The smallest absolute Gasteiger partial charge is 0.323 e. The zero-order valence-corrected chi connectivity index (χ0v) is 47.6. The van der Waals surface area contributed by atoms with Crippen LogP contribution < -0.4 is 37.5 Å². The molecule has 3 aromatic carbocycles. The van der Waals surface area contributed by atoms with E-state index in [4.69, 9.17) is 37.3 Å². The molecule has 8 N–H and O–H groups in total. The zero-order valence-electron chi connectivity index (χ0n) is 46.0. The molecule has 4 amide bonds. The minimum Gasteiger partial charge on any atom is -0.489 e. The number of nitriles is 1. The van der Waals surface area contributed by atoms with Gasteiger partial charge in [-0.2, -0.15) is 5.26 Å². The van der Waals surface area contributed by atoms with Crippen molar-refractivity contribution in [2.45, 2.75) is 150 Å². The number of hydrogen-bond acceptors (Lipinski definition) is 14. The molecule has 0 unspecified atom stereocenters. The number of nitrogens with one attached hydrogen (secondary N) is 4. The molecule has 6 rings (SSSR count). The van der Waals surface area contributed by atoms with Crippen molar-refractivity contribution in [1.82, 2.24) is 25.8 Å².